The quantitative estimate of drug-likeness (QED) is 0.261. The topological polar surface area (TPSA) is 17.8 Å². The maximum atomic E-state index is 4.80. The Morgan fingerprint density at radius 3 is 2.17 bits per heavy atom. The Kier molecular flexibility index (Phi) is 3.69. The molecule has 0 bridgehead atoms. The van der Waals surface area contributed by atoms with E-state index in [4.69, 9.17) is 4.98 Å². The standard InChI is InChI=1S/C33H20N2/c1-2-8-21(9-3-1)22-14-16-31-28(20-22)24-11-6-7-13-29(24)35(31)30-17-15-25-23-10-4-5-12-26(23)33-32(25)27(30)18-19-34-33/h1-20H. The van der Waals surface area contributed by atoms with Crippen LogP contribution < -0.4 is 0 Å². The predicted octanol–water partition coefficient (Wildman–Crippen LogP) is 8.65. The van der Waals surface area contributed by atoms with Gasteiger partial charge in [-0.2, -0.15) is 0 Å². The maximum absolute atomic E-state index is 4.80. The lowest BCUT2D eigenvalue weighted by atomic mass is 10.0. The van der Waals surface area contributed by atoms with Crippen molar-refractivity contribution in [1.82, 2.24) is 9.55 Å². The molecule has 2 heteroatoms. The van der Waals surface area contributed by atoms with Gasteiger partial charge in [-0.3, -0.25) is 4.98 Å². The molecule has 0 saturated heterocycles. The Bertz CT molecular complexity index is 1910. The van der Waals surface area contributed by atoms with Crippen LogP contribution in [-0.2, 0) is 0 Å². The van der Waals surface area contributed by atoms with E-state index in [2.05, 4.69) is 120 Å². The fourth-order valence-corrected chi connectivity index (χ4v) is 5.87. The third-order valence-electron chi connectivity index (χ3n) is 7.40. The molecule has 1 aliphatic rings. The van der Waals surface area contributed by atoms with Crippen LogP contribution in [0.3, 0.4) is 0 Å². The number of hydrogen-bond donors (Lipinski definition) is 0. The summed E-state index contributed by atoms with van der Waals surface area (Å²) in [7, 11) is 0. The van der Waals surface area contributed by atoms with Gasteiger partial charge < -0.3 is 4.57 Å². The molecule has 0 spiro atoms. The second-order valence-electron chi connectivity index (χ2n) is 9.21. The van der Waals surface area contributed by atoms with Gasteiger partial charge in [0.15, 0.2) is 0 Å². The molecule has 8 rings (SSSR count). The first-order chi connectivity index (χ1) is 17.4. The number of rotatable bonds is 2. The highest BCUT2D eigenvalue weighted by atomic mass is 15.0. The highest BCUT2D eigenvalue weighted by Gasteiger charge is 2.24. The van der Waals surface area contributed by atoms with Gasteiger partial charge >= 0.3 is 0 Å². The third-order valence-corrected chi connectivity index (χ3v) is 7.40. The molecule has 1 aliphatic carbocycles. The minimum atomic E-state index is 1.09. The van der Waals surface area contributed by atoms with E-state index in [1.165, 1.54) is 66.1 Å². The number of aromatic nitrogens is 2. The molecule has 5 aromatic carbocycles. The molecular formula is C33H20N2. The van der Waals surface area contributed by atoms with Crippen molar-refractivity contribution in [3.05, 3.63) is 121 Å². The molecule has 162 valence electrons. The summed E-state index contributed by atoms with van der Waals surface area (Å²) in [5.41, 5.74) is 11.0. The lowest BCUT2D eigenvalue weighted by molar-refractivity contribution is 1.20. The minimum absolute atomic E-state index is 1.09. The van der Waals surface area contributed by atoms with Crippen molar-refractivity contribution in [2.75, 3.05) is 0 Å². The normalized spacial score (nSPS) is 12.0. The number of nitrogens with zero attached hydrogens (tertiary/aromatic N) is 2. The Morgan fingerprint density at radius 2 is 1.26 bits per heavy atom. The van der Waals surface area contributed by atoms with Gasteiger partial charge in [0.1, 0.15) is 0 Å². The highest BCUT2D eigenvalue weighted by molar-refractivity contribution is 6.18. The third kappa shape index (κ3) is 2.51. The lowest BCUT2D eigenvalue weighted by Crippen LogP contribution is -1.96. The van der Waals surface area contributed by atoms with E-state index in [1.54, 1.807) is 0 Å². The molecule has 2 nitrogen and oxygen atoms in total. The van der Waals surface area contributed by atoms with Crippen molar-refractivity contribution in [3.8, 4) is 39.2 Å². The molecule has 0 unspecified atom stereocenters. The number of benzene rings is 5. The van der Waals surface area contributed by atoms with Crippen molar-refractivity contribution in [3.63, 3.8) is 0 Å². The molecule has 7 aromatic rings. The Hall–Kier alpha value is -4.69. The summed E-state index contributed by atoms with van der Waals surface area (Å²) in [4.78, 5) is 4.80. The van der Waals surface area contributed by atoms with Crippen LogP contribution in [0.25, 0.3) is 71.8 Å². The largest absolute Gasteiger partial charge is 0.309 e. The van der Waals surface area contributed by atoms with Crippen molar-refractivity contribution in [2.45, 2.75) is 0 Å². The predicted molar refractivity (Wildman–Crippen MR) is 146 cm³/mol. The molecule has 35 heavy (non-hydrogen) atoms. The van der Waals surface area contributed by atoms with E-state index in [0.717, 1.165) is 5.69 Å². The Balaban J connectivity index is 1.46. The first kappa shape index (κ1) is 18.7. The number of hydrogen-bond acceptors (Lipinski definition) is 1. The van der Waals surface area contributed by atoms with Crippen LogP contribution in [0.1, 0.15) is 0 Å². The van der Waals surface area contributed by atoms with Crippen LogP contribution in [0.5, 0.6) is 0 Å². The maximum Gasteiger partial charge on any atom is 0.0793 e. The average Bonchev–Trinajstić information content (AvgIpc) is 3.44. The SMILES string of the molecule is c1ccc(-c2ccc3c(c2)c2ccccc2n3-c2ccc3c4c(nccc24)-c2ccccc2-3)cc1. The first-order valence-corrected chi connectivity index (χ1v) is 12.0. The molecule has 2 aromatic heterocycles. The zero-order valence-electron chi connectivity index (χ0n) is 18.9. The van der Waals surface area contributed by atoms with Gasteiger partial charge in [-0.1, -0.05) is 84.9 Å². The minimum Gasteiger partial charge on any atom is -0.309 e. The van der Waals surface area contributed by atoms with E-state index in [-0.39, 0.29) is 0 Å². The zero-order chi connectivity index (χ0) is 22.9. The summed E-state index contributed by atoms with van der Waals surface area (Å²) in [6.45, 7) is 0. The monoisotopic (exact) mass is 444 g/mol. The molecule has 0 radical (unpaired) electrons. The van der Waals surface area contributed by atoms with Crippen LogP contribution in [0.2, 0.25) is 0 Å². The molecule has 2 heterocycles. The first-order valence-electron chi connectivity index (χ1n) is 12.0. The van der Waals surface area contributed by atoms with Crippen molar-refractivity contribution >= 4 is 32.6 Å². The van der Waals surface area contributed by atoms with E-state index < -0.39 is 0 Å². The van der Waals surface area contributed by atoms with Crippen LogP contribution in [0.4, 0.5) is 0 Å². The molecular weight excluding hydrogens is 424 g/mol. The van der Waals surface area contributed by atoms with Gasteiger partial charge in [-0.15, -0.1) is 0 Å². The number of fused-ring (bicyclic) bond motifs is 6. The molecule has 0 fully saturated rings. The molecule has 0 aliphatic heterocycles. The molecule has 0 saturated carbocycles. The average molecular weight is 445 g/mol. The van der Waals surface area contributed by atoms with Crippen LogP contribution in [0, 0.1) is 0 Å². The summed E-state index contributed by atoms with van der Waals surface area (Å²) in [5, 5.41) is 5.02. The second kappa shape index (κ2) is 6.91. The summed E-state index contributed by atoms with van der Waals surface area (Å²) in [6, 6.07) is 41.5. The van der Waals surface area contributed by atoms with Crippen molar-refractivity contribution in [2.24, 2.45) is 0 Å². The van der Waals surface area contributed by atoms with Crippen LogP contribution in [-0.4, -0.2) is 9.55 Å². The van der Waals surface area contributed by atoms with E-state index in [0.29, 0.717) is 0 Å². The fourth-order valence-electron chi connectivity index (χ4n) is 5.87. The Labute approximate surface area is 202 Å². The van der Waals surface area contributed by atoms with Gasteiger partial charge in [0, 0.05) is 33.3 Å². The van der Waals surface area contributed by atoms with Crippen molar-refractivity contribution in [1.29, 1.82) is 0 Å². The summed E-state index contributed by atoms with van der Waals surface area (Å²) >= 11 is 0. The fraction of sp³-hybridized carbons (Fsp3) is 0. The number of para-hydroxylation sites is 1. The summed E-state index contributed by atoms with van der Waals surface area (Å²) in [5.74, 6) is 0. The summed E-state index contributed by atoms with van der Waals surface area (Å²) < 4.78 is 2.42. The van der Waals surface area contributed by atoms with Gasteiger partial charge in [0.2, 0.25) is 0 Å². The molecule has 0 amide bonds. The van der Waals surface area contributed by atoms with Crippen molar-refractivity contribution < 1.29 is 0 Å². The van der Waals surface area contributed by atoms with E-state index in [1.807, 2.05) is 6.20 Å². The molecule has 0 atom stereocenters. The van der Waals surface area contributed by atoms with Crippen LogP contribution >= 0.6 is 0 Å². The number of pyridine rings is 1. The lowest BCUT2D eigenvalue weighted by Gasteiger charge is -2.13. The van der Waals surface area contributed by atoms with E-state index in [9.17, 15) is 0 Å². The van der Waals surface area contributed by atoms with Gasteiger partial charge in [0.25, 0.3) is 0 Å². The summed E-state index contributed by atoms with van der Waals surface area (Å²) in [6.07, 6.45) is 1.95. The van der Waals surface area contributed by atoms with Gasteiger partial charge in [-0.25, -0.2) is 0 Å². The van der Waals surface area contributed by atoms with Crippen LogP contribution in [0.15, 0.2) is 121 Å². The smallest absolute Gasteiger partial charge is 0.0793 e. The second-order valence-corrected chi connectivity index (χ2v) is 9.21. The van der Waals surface area contributed by atoms with Gasteiger partial charge in [-0.05, 0) is 52.6 Å². The van der Waals surface area contributed by atoms with E-state index >= 15 is 0 Å². The Morgan fingerprint density at radius 1 is 0.486 bits per heavy atom. The van der Waals surface area contributed by atoms with Gasteiger partial charge in [0.05, 0.1) is 22.4 Å². The molecule has 0 N–H and O–H groups in total. The zero-order valence-corrected chi connectivity index (χ0v) is 18.9. The highest BCUT2D eigenvalue weighted by Crippen LogP contribution is 2.48.